The van der Waals surface area contributed by atoms with Gasteiger partial charge in [-0.1, -0.05) is 56.3 Å². The molecule has 142 valence electrons. The average Bonchev–Trinajstić information content (AvgIpc) is 3.20. The van der Waals surface area contributed by atoms with Gasteiger partial charge in [0.1, 0.15) is 5.82 Å². The fourth-order valence-electron chi connectivity index (χ4n) is 2.80. The van der Waals surface area contributed by atoms with Crippen LogP contribution in [-0.2, 0) is 0 Å². The Balaban J connectivity index is 0.00000109. The lowest BCUT2D eigenvalue weighted by Gasteiger charge is -2.09. The zero-order valence-corrected chi connectivity index (χ0v) is 16.6. The second-order valence-corrected chi connectivity index (χ2v) is 6.90. The van der Waals surface area contributed by atoms with Crippen molar-refractivity contribution in [2.45, 2.75) is 13.8 Å². The minimum absolute atomic E-state index is 0.391. The van der Waals surface area contributed by atoms with Crippen LogP contribution in [0.3, 0.4) is 0 Å². The quantitative estimate of drug-likeness (QED) is 0.434. The topological polar surface area (TPSA) is 94.0 Å². The van der Waals surface area contributed by atoms with Crippen LogP contribution in [0, 0.1) is 0 Å². The van der Waals surface area contributed by atoms with Gasteiger partial charge in [-0.2, -0.15) is 0 Å². The van der Waals surface area contributed by atoms with Crippen LogP contribution in [0.5, 0.6) is 0 Å². The van der Waals surface area contributed by atoms with E-state index >= 15 is 0 Å². The number of thiophene rings is 1. The van der Waals surface area contributed by atoms with Crippen LogP contribution in [-0.4, -0.2) is 10.9 Å². The summed E-state index contributed by atoms with van der Waals surface area (Å²) in [6, 6.07) is 20.1. The molecule has 0 fully saturated rings. The largest absolute Gasteiger partial charge is 0.383 e. The highest BCUT2D eigenvalue weighted by atomic mass is 32.1. The molecular formula is C22H22N4OS. The summed E-state index contributed by atoms with van der Waals surface area (Å²) in [5.74, 6) is -0.0776. The number of nitrogens with two attached hydrogens (primary N) is 2. The van der Waals surface area contributed by atoms with Crippen LogP contribution in [0.1, 0.15) is 23.5 Å². The van der Waals surface area contributed by atoms with E-state index in [1.165, 1.54) is 16.9 Å². The molecule has 0 bridgehead atoms. The Morgan fingerprint density at radius 1 is 1.00 bits per heavy atom. The first-order valence-corrected chi connectivity index (χ1v) is 9.84. The van der Waals surface area contributed by atoms with Crippen LogP contribution >= 0.6 is 11.3 Å². The number of pyridine rings is 1. The number of rotatable bonds is 4. The maximum atomic E-state index is 11.5. The van der Waals surface area contributed by atoms with Crippen molar-refractivity contribution < 1.29 is 4.79 Å². The van der Waals surface area contributed by atoms with Crippen molar-refractivity contribution in [1.82, 2.24) is 4.98 Å². The predicted octanol–water partition coefficient (Wildman–Crippen LogP) is 5.41. The van der Waals surface area contributed by atoms with Gasteiger partial charge in [0.2, 0.25) is 0 Å². The number of carbonyl (C=O) groups excluding carboxylic acids is 1. The van der Waals surface area contributed by atoms with E-state index in [4.69, 9.17) is 11.5 Å². The van der Waals surface area contributed by atoms with Gasteiger partial charge in [0.05, 0.1) is 21.5 Å². The van der Waals surface area contributed by atoms with Gasteiger partial charge in [-0.15, -0.1) is 11.3 Å². The maximum absolute atomic E-state index is 11.5. The van der Waals surface area contributed by atoms with Crippen molar-refractivity contribution in [3.63, 3.8) is 0 Å². The third-order valence-electron chi connectivity index (χ3n) is 4.10. The number of nitrogens with zero attached hydrogens (tertiary/aromatic N) is 1. The Bertz CT molecular complexity index is 1090. The molecule has 0 aliphatic heterocycles. The van der Waals surface area contributed by atoms with Crippen molar-refractivity contribution in [2.75, 3.05) is 11.1 Å². The Kier molecular flexibility index (Phi) is 5.91. The van der Waals surface area contributed by atoms with Crippen LogP contribution < -0.4 is 16.8 Å². The summed E-state index contributed by atoms with van der Waals surface area (Å²) in [7, 11) is 0. The van der Waals surface area contributed by atoms with E-state index < -0.39 is 5.91 Å². The van der Waals surface area contributed by atoms with Crippen molar-refractivity contribution >= 4 is 44.5 Å². The molecule has 4 rings (SSSR count). The molecule has 2 heterocycles. The molecule has 0 saturated heterocycles. The number of nitrogen functional groups attached to an aromatic ring is 1. The van der Waals surface area contributed by atoms with Gasteiger partial charge in [-0.25, -0.2) is 4.98 Å². The molecular weight excluding hydrogens is 368 g/mol. The Morgan fingerprint density at radius 2 is 1.64 bits per heavy atom. The molecule has 6 heteroatoms. The number of anilines is 3. The van der Waals surface area contributed by atoms with Crippen molar-refractivity contribution in [2.24, 2.45) is 5.73 Å². The molecule has 0 atom stereocenters. The summed E-state index contributed by atoms with van der Waals surface area (Å²) >= 11 is 1.25. The van der Waals surface area contributed by atoms with Gasteiger partial charge in [0.15, 0.2) is 0 Å². The number of hydrogen-bond acceptors (Lipinski definition) is 5. The summed E-state index contributed by atoms with van der Waals surface area (Å²) in [6.07, 6.45) is 1.67. The van der Waals surface area contributed by atoms with Gasteiger partial charge in [0, 0.05) is 11.1 Å². The van der Waals surface area contributed by atoms with Gasteiger partial charge in [-0.3, -0.25) is 4.79 Å². The number of nitrogens with one attached hydrogen (secondary N) is 1. The minimum Gasteiger partial charge on any atom is -0.383 e. The summed E-state index contributed by atoms with van der Waals surface area (Å²) in [5, 5.41) is 4.18. The molecule has 0 radical (unpaired) electrons. The molecule has 0 aliphatic carbocycles. The number of fused-ring (bicyclic) bond motifs is 1. The zero-order chi connectivity index (χ0) is 20.1. The van der Waals surface area contributed by atoms with E-state index in [1.54, 1.807) is 12.3 Å². The standard InChI is InChI=1S/C20H16N4OS.C2H6/c21-19-18-15(10-17(26-18)20(22)25)16(11-23-19)24-14-8-6-13(7-9-14)12-4-2-1-3-5-12;1-2/h1-11,24H,(H2,21,23)(H2,22,25);1-2H3. The maximum Gasteiger partial charge on any atom is 0.258 e. The summed E-state index contributed by atoms with van der Waals surface area (Å²) in [6.45, 7) is 4.00. The van der Waals surface area contributed by atoms with Crippen molar-refractivity contribution in [1.29, 1.82) is 0 Å². The van der Waals surface area contributed by atoms with Crippen LogP contribution in [0.25, 0.3) is 21.2 Å². The van der Waals surface area contributed by atoms with Crippen LogP contribution in [0.15, 0.2) is 66.9 Å². The number of aromatic nitrogens is 1. The van der Waals surface area contributed by atoms with E-state index in [1.807, 2.05) is 44.2 Å². The SMILES string of the molecule is CC.NC(=O)c1cc2c(Nc3ccc(-c4ccccc4)cc3)cnc(N)c2s1. The normalized spacial score (nSPS) is 10.2. The third kappa shape index (κ3) is 3.97. The highest BCUT2D eigenvalue weighted by Gasteiger charge is 2.13. The molecule has 4 aromatic rings. The highest BCUT2D eigenvalue weighted by Crippen LogP contribution is 2.35. The molecule has 2 aromatic carbocycles. The molecule has 28 heavy (non-hydrogen) atoms. The number of primary amides is 1. The second-order valence-electron chi connectivity index (χ2n) is 5.84. The van der Waals surface area contributed by atoms with Crippen molar-refractivity contribution in [3.05, 3.63) is 71.7 Å². The third-order valence-corrected chi connectivity index (χ3v) is 5.27. The van der Waals surface area contributed by atoms with Crippen LogP contribution in [0.2, 0.25) is 0 Å². The highest BCUT2D eigenvalue weighted by molar-refractivity contribution is 7.21. The smallest absolute Gasteiger partial charge is 0.258 e. The van der Waals surface area contributed by atoms with E-state index in [9.17, 15) is 4.79 Å². The van der Waals surface area contributed by atoms with Crippen LogP contribution in [0.4, 0.5) is 17.2 Å². The van der Waals surface area contributed by atoms with Gasteiger partial charge in [0.25, 0.3) is 5.91 Å². The summed E-state index contributed by atoms with van der Waals surface area (Å²) in [4.78, 5) is 16.1. The molecule has 0 unspecified atom stereocenters. The van der Waals surface area contributed by atoms with Gasteiger partial charge < -0.3 is 16.8 Å². The second kappa shape index (κ2) is 8.54. The molecule has 5 nitrogen and oxygen atoms in total. The zero-order valence-electron chi connectivity index (χ0n) is 15.8. The van der Waals surface area contributed by atoms with E-state index in [-0.39, 0.29) is 0 Å². The first-order chi connectivity index (χ1) is 13.6. The Hall–Kier alpha value is -3.38. The predicted molar refractivity (Wildman–Crippen MR) is 119 cm³/mol. The Morgan fingerprint density at radius 3 is 2.29 bits per heavy atom. The van der Waals surface area contributed by atoms with Gasteiger partial charge >= 0.3 is 0 Å². The number of hydrogen-bond donors (Lipinski definition) is 3. The average molecular weight is 391 g/mol. The number of benzene rings is 2. The minimum atomic E-state index is -0.469. The summed E-state index contributed by atoms with van der Waals surface area (Å²) in [5.41, 5.74) is 15.3. The van der Waals surface area contributed by atoms with E-state index in [0.29, 0.717) is 10.7 Å². The fraction of sp³-hybridized carbons (Fsp3) is 0.0909. The monoisotopic (exact) mass is 390 g/mol. The van der Waals surface area contributed by atoms with E-state index in [0.717, 1.165) is 27.0 Å². The molecule has 5 N–H and O–H groups in total. The first-order valence-electron chi connectivity index (χ1n) is 9.02. The molecule has 2 aromatic heterocycles. The summed E-state index contributed by atoms with van der Waals surface area (Å²) < 4.78 is 0.754. The lowest BCUT2D eigenvalue weighted by Crippen LogP contribution is -2.08. The Labute approximate surface area is 168 Å². The van der Waals surface area contributed by atoms with Gasteiger partial charge in [-0.05, 0) is 29.3 Å². The number of amides is 1. The lowest BCUT2D eigenvalue weighted by atomic mass is 10.1. The van der Waals surface area contributed by atoms with E-state index in [2.05, 4.69) is 34.6 Å². The fourth-order valence-corrected chi connectivity index (χ4v) is 3.73. The molecule has 0 aliphatic rings. The first kappa shape index (κ1) is 19.4. The molecule has 0 saturated carbocycles. The molecule has 1 amide bonds. The number of carbonyl (C=O) groups is 1. The lowest BCUT2D eigenvalue weighted by molar-refractivity contribution is 0.100. The van der Waals surface area contributed by atoms with Crippen molar-refractivity contribution in [3.8, 4) is 11.1 Å². The molecule has 0 spiro atoms.